The van der Waals surface area contributed by atoms with Gasteiger partial charge >= 0.3 is 19.3 Å². The molecular formula is C16H23BF3NO5. The van der Waals surface area contributed by atoms with Crippen LogP contribution in [-0.4, -0.2) is 40.4 Å². The van der Waals surface area contributed by atoms with Crippen molar-refractivity contribution in [3.8, 4) is 5.75 Å². The number of hydrogen-bond donors (Lipinski definition) is 4. The molecule has 1 unspecified atom stereocenters. The zero-order valence-electron chi connectivity index (χ0n) is 14.2. The standard InChI is InChI=1S/C16H23BF3NO5/c18-16(19,20)12-4-6-13(7-5-12)26-11-3-9-15(21,14(22)23)8-1-2-10-17(24)25/h4-7,24-25H,1-3,8-11,21H2,(H,22,23). The van der Waals surface area contributed by atoms with E-state index in [0.717, 1.165) is 12.1 Å². The van der Waals surface area contributed by atoms with E-state index < -0.39 is 30.4 Å². The summed E-state index contributed by atoms with van der Waals surface area (Å²) >= 11 is 0. The minimum absolute atomic E-state index is 0.118. The zero-order chi connectivity index (χ0) is 19.8. The third-order valence-electron chi connectivity index (χ3n) is 3.98. The summed E-state index contributed by atoms with van der Waals surface area (Å²) in [6.07, 6.45) is -2.78. The van der Waals surface area contributed by atoms with Crippen LogP contribution < -0.4 is 10.5 Å². The molecule has 0 saturated carbocycles. The van der Waals surface area contributed by atoms with Crippen molar-refractivity contribution in [3.63, 3.8) is 0 Å². The van der Waals surface area contributed by atoms with E-state index >= 15 is 0 Å². The molecule has 0 aromatic heterocycles. The number of carboxylic acids is 1. The van der Waals surface area contributed by atoms with E-state index in [9.17, 15) is 23.1 Å². The van der Waals surface area contributed by atoms with Crippen LogP contribution in [0.5, 0.6) is 5.75 Å². The van der Waals surface area contributed by atoms with Gasteiger partial charge in [-0.2, -0.15) is 13.2 Å². The van der Waals surface area contributed by atoms with Gasteiger partial charge in [0, 0.05) is 0 Å². The van der Waals surface area contributed by atoms with Gasteiger partial charge in [0.1, 0.15) is 11.3 Å². The summed E-state index contributed by atoms with van der Waals surface area (Å²) in [7, 11) is -1.43. The second kappa shape index (κ2) is 9.79. The number of hydrogen-bond acceptors (Lipinski definition) is 5. The number of nitrogens with two attached hydrogens (primary N) is 1. The minimum atomic E-state index is -4.41. The lowest BCUT2D eigenvalue weighted by Gasteiger charge is -2.24. The Labute approximate surface area is 149 Å². The fraction of sp³-hybridized carbons (Fsp3) is 0.562. The Balaban J connectivity index is 2.41. The maximum atomic E-state index is 12.5. The Morgan fingerprint density at radius 2 is 1.65 bits per heavy atom. The second-order valence-corrected chi connectivity index (χ2v) is 6.16. The molecule has 0 aliphatic carbocycles. The Hall–Kier alpha value is -1.78. The van der Waals surface area contributed by atoms with Gasteiger partial charge in [0.05, 0.1) is 12.2 Å². The SMILES string of the molecule is NC(CCCCB(O)O)(CCCOc1ccc(C(F)(F)F)cc1)C(=O)O. The molecule has 5 N–H and O–H groups in total. The number of halogens is 3. The number of ether oxygens (including phenoxy) is 1. The fourth-order valence-electron chi connectivity index (χ4n) is 2.42. The maximum absolute atomic E-state index is 12.5. The van der Waals surface area contributed by atoms with Crippen LogP contribution in [0.3, 0.4) is 0 Å². The van der Waals surface area contributed by atoms with Crippen LogP contribution in [0.1, 0.15) is 37.7 Å². The number of rotatable bonds is 11. The first-order chi connectivity index (χ1) is 12.0. The van der Waals surface area contributed by atoms with Crippen molar-refractivity contribution >= 4 is 13.1 Å². The van der Waals surface area contributed by atoms with Crippen molar-refractivity contribution in [3.05, 3.63) is 29.8 Å². The van der Waals surface area contributed by atoms with E-state index in [1.807, 2.05) is 0 Å². The van der Waals surface area contributed by atoms with E-state index in [1.54, 1.807) is 0 Å². The lowest BCUT2D eigenvalue weighted by atomic mass is 9.81. The van der Waals surface area contributed by atoms with Gasteiger partial charge < -0.3 is 25.6 Å². The largest absolute Gasteiger partial charge is 0.494 e. The first-order valence-electron chi connectivity index (χ1n) is 8.23. The highest BCUT2D eigenvalue weighted by atomic mass is 19.4. The molecule has 0 bridgehead atoms. The van der Waals surface area contributed by atoms with E-state index in [0.29, 0.717) is 19.3 Å². The summed E-state index contributed by atoms with van der Waals surface area (Å²) in [6.45, 7) is 0.118. The van der Waals surface area contributed by atoms with Gasteiger partial charge in [-0.05, 0) is 49.8 Å². The molecule has 0 heterocycles. The van der Waals surface area contributed by atoms with Gasteiger partial charge in [0.25, 0.3) is 0 Å². The van der Waals surface area contributed by atoms with Crippen LogP contribution in [0, 0.1) is 0 Å². The van der Waals surface area contributed by atoms with Crippen LogP contribution in [0.2, 0.25) is 6.32 Å². The van der Waals surface area contributed by atoms with E-state index in [-0.39, 0.29) is 31.5 Å². The topological polar surface area (TPSA) is 113 Å². The highest BCUT2D eigenvalue weighted by Crippen LogP contribution is 2.30. The Bertz CT molecular complexity index is 568. The molecule has 0 radical (unpaired) electrons. The van der Waals surface area contributed by atoms with Crippen LogP contribution in [0.25, 0.3) is 0 Å². The maximum Gasteiger partial charge on any atom is 0.451 e. The average molecular weight is 377 g/mol. The average Bonchev–Trinajstić information content (AvgIpc) is 2.55. The number of aliphatic carboxylic acids is 1. The highest BCUT2D eigenvalue weighted by molar-refractivity contribution is 6.40. The molecule has 0 spiro atoms. The molecule has 26 heavy (non-hydrogen) atoms. The van der Waals surface area contributed by atoms with Crippen molar-refractivity contribution in [1.29, 1.82) is 0 Å². The summed E-state index contributed by atoms with van der Waals surface area (Å²) in [5.74, 6) is -0.899. The van der Waals surface area contributed by atoms with Crippen molar-refractivity contribution in [2.45, 2.75) is 50.1 Å². The normalized spacial score (nSPS) is 13.9. The van der Waals surface area contributed by atoms with Gasteiger partial charge in [-0.3, -0.25) is 4.79 Å². The molecule has 0 amide bonds. The smallest absolute Gasteiger partial charge is 0.451 e. The molecule has 0 aliphatic rings. The molecule has 146 valence electrons. The summed E-state index contributed by atoms with van der Waals surface area (Å²) in [5.41, 5.74) is 3.67. The molecule has 1 aromatic carbocycles. The monoisotopic (exact) mass is 377 g/mol. The number of carbonyl (C=O) groups is 1. The number of unbranched alkanes of at least 4 members (excludes halogenated alkanes) is 1. The molecule has 1 aromatic rings. The molecule has 0 aliphatic heterocycles. The predicted molar refractivity (Wildman–Crippen MR) is 89.6 cm³/mol. The molecule has 0 fully saturated rings. The van der Waals surface area contributed by atoms with E-state index in [2.05, 4.69) is 0 Å². The first kappa shape index (κ1) is 22.3. The predicted octanol–water partition coefficient (Wildman–Crippen LogP) is 2.29. The molecule has 0 saturated heterocycles. The van der Waals surface area contributed by atoms with E-state index in [1.165, 1.54) is 12.1 Å². The van der Waals surface area contributed by atoms with Crippen LogP contribution in [0.15, 0.2) is 24.3 Å². The van der Waals surface area contributed by atoms with Gasteiger partial charge in [-0.15, -0.1) is 0 Å². The van der Waals surface area contributed by atoms with Crippen molar-refractivity contribution < 1.29 is 37.9 Å². The van der Waals surface area contributed by atoms with Gasteiger partial charge in [0.15, 0.2) is 0 Å². The summed E-state index contributed by atoms with van der Waals surface area (Å²) < 4.78 is 42.7. The van der Waals surface area contributed by atoms with E-state index in [4.69, 9.17) is 20.5 Å². The van der Waals surface area contributed by atoms with Gasteiger partial charge in [-0.1, -0.05) is 12.8 Å². The zero-order valence-corrected chi connectivity index (χ0v) is 14.2. The summed E-state index contributed by atoms with van der Waals surface area (Å²) in [4.78, 5) is 11.4. The van der Waals surface area contributed by atoms with Crippen molar-refractivity contribution in [2.75, 3.05) is 6.61 Å². The second-order valence-electron chi connectivity index (χ2n) is 6.16. The summed E-state index contributed by atoms with van der Waals surface area (Å²) in [5, 5.41) is 26.8. The van der Waals surface area contributed by atoms with Crippen LogP contribution >= 0.6 is 0 Å². The van der Waals surface area contributed by atoms with Gasteiger partial charge in [0.2, 0.25) is 0 Å². The Morgan fingerprint density at radius 3 is 2.15 bits per heavy atom. The third kappa shape index (κ3) is 7.63. The Morgan fingerprint density at radius 1 is 1.08 bits per heavy atom. The van der Waals surface area contributed by atoms with Crippen LogP contribution in [-0.2, 0) is 11.0 Å². The molecule has 1 rings (SSSR count). The lowest BCUT2D eigenvalue weighted by molar-refractivity contribution is -0.144. The molecule has 1 atom stereocenters. The fourth-order valence-corrected chi connectivity index (χ4v) is 2.42. The highest BCUT2D eigenvalue weighted by Gasteiger charge is 2.33. The lowest BCUT2D eigenvalue weighted by Crippen LogP contribution is -2.48. The minimum Gasteiger partial charge on any atom is -0.494 e. The molecular weight excluding hydrogens is 354 g/mol. The quantitative estimate of drug-likeness (QED) is 0.348. The van der Waals surface area contributed by atoms with Crippen molar-refractivity contribution in [1.82, 2.24) is 0 Å². The number of alkyl halides is 3. The van der Waals surface area contributed by atoms with Crippen molar-refractivity contribution in [2.24, 2.45) is 5.73 Å². The molecule has 10 heteroatoms. The number of carboxylic acid groups (broad SMARTS) is 1. The Kier molecular flexibility index (Phi) is 8.39. The first-order valence-corrected chi connectivity index (χ1v) is 8.23. The third-order valence-corrected chi connectivity index (χ3v) is 3.98. The van der Waals surface area contributed by atoms with Crippen LogP contribution in [0.4, 0.5) is 13.2 Å². The molecule has 6 nitrogen and oxygen atoms in total. The van der Waals surface area contributed by atoms with Gasteiger partial charge in [-0.25, -0.2) is 0 Å². The number of benzene rings is 1. The summed E-state index contributed by atoms with van der Waals surface area (Å²) in [6, 6.07) is 4.23.